The van der Waals surface area contributed by atoms with Crippen LogP contribution in [0.15, 0.2) is 64.8 Å². The van der Waals surface area contributed by atoms with Crippen molar-refractivity contribution in [2.75, 3.05) is 0 Å². The molecule has 23 heavy (non-hydrogen) atoms. The van der Waals surface area contributed by atoms with Crippen molar-refractivity contribution < 1.29 is 15.0 Å². The molecule has 3 aromatic rings. The minimum atomic E-state index is -1.21. The molecule has 0 bridgehead atoms. The van der Waals surface area contributed by atoms with E-state index in [-0.39, 0.29) is 17.0 Å². The highest BCUT2D eigenvalue weighted by atomic mass is 16.4. The van der Waals surface area contributed by atoms with Crippen molar-refractivity contribution in [1.82, 2.24) is 0 Å². The maximum absolute atomic E-state index is 11.3. The summed E-state index contributed by atoms with van der Waals surface area (Å²) >= 11 is 0. The lowest BCUT2D eigenvalue weighted by atomic mass is 10.0. The largest absolute Gasteiger partial charge is 0.505 e. The third-order valence-electron chi connectivity index (χ3n) is 3.53. The molecule has 0 atom stereocenters. The van der Waals surface area contributed by atoms with Gasteiger partial charge in [0.05, 0.1) is 5.69 Å². The highest BCUT2D eigenvalue weighted by Gasteiger charge is 2.17. The molecule has 0 spiro atoms. The molecule has 2 N–H and O–H groups in total. The normalized spacial score (nSPS) is 11.2. The molecule has 0 aliphatic rings. The number of aryl methyl sites for hydroxylation is 1. The maximum Gasteiger partial charge on any atom is 0.339 e. The van der Waals surface area contributed by atoms with Crippen molar-refractivity contribution in [2.45, 2.75) is 6.92 Å². The number of carbonyl (C=O) groups is 1. The summed E-state index contributed by atoms with van der Waals surface area (Å²) in [5.74, 6) is -1.59. The van der Waals surface area contributed by atoms with E-state index in [2.05, 4.69) is 10.2 Å². The number of hydrogen-bond acceptors (Lipinski definition) is 4. The summed E-state index contributed by atoms with van der Waals surface area (Å²) in [4.78, 5) is 11.3. The zero-order valence-electron chi connectivity index (χ0n) is 12.4. The molecule has 0 aromatic heterocycles. The van der Waals surface area contributed by atoms with E-state index in [4.69, 9.17) is 0 Å². The van der Waals surface area contributed by atoms with Gasteiger partial charge in [0.2, 0.25) is 0 Å². The summed E-state index contributed by atoms with van der Waals surface area (Å²) < 4.78 is 0. The second kappa shape index (κ2) is 5.88. The lowest BCUT2D eigenvalue weighted by molar-refractivity contribution is 0.0694. The van der Waals surface area contributed by atoms with Crippen molar-refractivity contribution in [1.29, 1.82) is 0 Å². The van der Waals surface area contributed by atoms with Gasteiger partial charge in [-0.2, -0.15) is 5.11 Å². The van der Waals surface area contributed by atoms with E-state index in [0.717, 1.165) is 5.56 Å². The predicted molar refractivity (Wildman–Crippen MR) is 87.9 cm³/mol. The fourth-order valence-corrected chi connectivity index (χ4v) is 2.30. The molecule has 0 saturated heterocycles. The summed E-state index contributed by atoms with van der Waals surface area (Å²) in [5, 5.41) is 29.0. The van der Waals surface area contributed by atoms with Crippen molar-refractivity contribution in [3.8, 4) is 5.75 Å². The van der Waals surface area contributed by atoms with Crippen LogP contribution in [-0.2, 0) is 0 Å². The monoisotopic (exact) mass is 306 g/mol. The van der Waals surface area contributed by atoms with Gasteiger partial charge in [0, 0.05) is 5.39 Å². The molecule has 3 rings (SSSR count). The van der Waals surface area contributed by atoms with Crippen molar-refractivity contribution in [3.63, 3.8) is 0 Å². The van der Waals surface area contributed by atoms with Gasteiger partial charge in [0.1, 0.15) is 11.3 Å². The first kappa shape index (κ1) is 14.7. The average molecular weight is 306 g/mol. The smallest absolute Gasteiger partial charge is 0.339 e. The minimum Gasteiger partial charge on any atom is -0.505 e. The second-order valence-corrected chi connectivity index (χ2v) is 5.18. The van der Waals surface area contributed by atoms with E-state index in [1.165, 1.54) is 6.07 Å². The van der Waals surface area contributed by atoms with Crippen molar-refractivity contribution in [2.24, 2.45) is 10.2 Å². The number of rotatable bonds is 3. The van der Waals surface area contributed by atoms with Crippen LogP contribution in [0.1, 0.15) is 15.9 Å². The average Bonchev–Trinajstić information content (AvgIpc) is 2.55. The van der Waals surface area contributed by atoms with Gasteiger partial charge in [-0.3, -0.25) is 0 Å². The zero-order chi connectivity index (χ0) is 16.4. The van der Waals surface area contributed by atoms with Crippen LogP contribution >= 0.6 is 0 Å². The van der Waals surface area contributed by atoms with Gasteiger partial charge in [0.15, 0.2) is 5.75 Å². The van der Waals surface area contributed by atoms with Crippen LogP contribution in [-0.4, -0.2) is 16.2 Å². The molecule has 0 saturated carbocycles. The van der Waals surface area contributed by atoms with Crippen LogP contribution in [0.5, 0.6) is 5.75 Å². The molecule has 0 aliphatic carbocycles. The quantitative estimate of drug-likeness (QED) is 0.670. The highest BCUT2D eigenvalue weighted by Crippen LogP contribution is 2.39. The van der Waals surface area contributed by atoms with Crippen LogP contribution in [0, 0.1) is 6.92 Å². The number of azo groups is 1. The van der Waals surface area contributed by atoms with Gasteiger partial charge in [-0.1, -0.05) is 42.0 Å². The summed E-state index contributed by atoms with van der Waals surface area (Å²) in [6.45, 7) is 1.97. The standard InChI is InChI=1S/C18H14N2O3/c1-11-6-8-13(9-7-11)19-20-16-14-5-3-2-4-12(14)10-15(17(16)21)18(22)23/h2-10,21H,1H3,(H,22,23). The maximum atomic E-state index is 11.3. The van der Waals surface area contributed by atoms with Crippen LogP contribution in [0.2, 0.25) is 0 Å². The Morgan fingerprint density at radius 3 is 2.39 bits per heavy atom. The Kier molecular flexibility index (Phi) is 3.76. The molecule has 0 unspecified atom stereocenters. The third kappa shape index (κ3) is 2.89. The van der Waals surface area contributed by atoms with Crippen LogP contribution < -0.4 is 0 Å². The Morgan fingerprint density at radius 2 is 1.70 bits per heavy atom. The van der Waals surface area contributed by atoms with Gasteiger partial charge in [-0.05, 0) is 30.5 Å². The molecule has 0 amide bonds. The molecule has 0 radical (unpaired) electrons. The molecule has 0 heterocycles. The molecule has 5 nitrogen and oxygen atoms in total. The minimum absolute atomic E-state index is 0.154. The Labute approximate surface area is 132 Å². The number of benzene rings is 3. The van der Waals surface area contributed by atoms with Crippen molar-refractivity contribution >= 4 is 28.1 Å². The first-order chi connectivity index (χ1) is 11.1. The number of fused-ring (bicyclic) bond motifs is 1. The number of aromatic hydroxyl groups is 1. The van der Waals surface area contributed by atoms with Crippen LogP contribution in [0.3, 0.4) is 0 Å². The lowest BCUT2D eigenvalue weighted by Gasteiger charge is -2.07. The van der Waals surface area contributed by atoms with Gasteiger partial charge in [-0.15, -0.1) is 5.11 Å². The summed E-state index contributed by atoms with van der Waals surface area (Å²) in [6, 6.07) is 16.0. The number of aromatic carboxylic acids is 1. The summed E-state index contributed by atoms with van der Waals surface area (Å²) in [6.07, 6.45) is 0. The molecular formula is C18H14N2O3. The van der Waals surface area contributed by atoms with E-state index in [0.29, 0.717) is 16.5 Å². The third-order valence-corrected chi connectivity index (χ3v) is 3.53. The molecule has 5 heteroatoms. The first-order valence-electron chi connectivity index (χ1n) is 7.02. The highest BCUT2D eigenvalue weighted by molar-refractivity contribution is 6.04. The molecule has 114 valence electrons. The van der Waals surface area contributed by atoms with E-state index in [9.17, 15) is 15.0 Å². The van der Waals surface area contributed by atoms with E-state index in [1.54, 1.807) is 36.4 Å². The fourth-order valence-electron chi connectivity index (χ4n) is 2.30. The Balaban J connectivity index is 2.16. The number of carboxylic acid groups (broad SMARTS) is 1. The Bertz CT molecular complexity index is 915. The van der Waals surface area contributed by atoms with Gasteiger partial charge in [-0.25, -0.2) is 4.79 Å². The molecule has 3 aromatic carbocycles. The topological polar surface area (TPSA) is 82.2 Å². The van der Waals surface area contributed by atoms with Crippen LogP contribution in [0.4, 0.5) is 11.4 Å². The van der Waals surface area contributed by atoms with Gasteiger partial charge in [0.25, 0.3) is 0 Å². The first-order valence-corrected chi connectivity index (χ1v) is 7.02. The van der Waals surface area contributed by atoms with Gasteiger partial charge >= 0.3 is 5.97 Å². The Hall–Kier alpha value is -3.21. The molecular weight excluding hydrogens is 292 g/mol. The Morgan fingerprint density at radius 1 is 1.00 bits per heavy atom. The molecule has 0 fully saturated rings. The molecule has 0 aliphatic heterocycles. The van der Waals surface area contributed by atoms with Gasteiger partial charge < -0.3 is 10.2 Å². The number of carboxylic acids is 1. The zero-order valence-corrected chi connectivity index (χ0v) is 12.4. The lowest BCUT2D eigenvalue weighted by Crippen LogP contribution is -1.97. The number of hydrogen-bond donors (Lipinski definition) is 2. The van der Waals surface area contributed by atoms with E-state index < -0.39 is 5.97 Å². The van der Waals surface area contributed by atoms with Crippen molar-refractivity contribution in [3.05, 3.63) is 65.7 Å². The van der Waals surface area contributed by atoms with Crippen LogP contribution in [0.25, 0.3) is 10.8 Å². The second-order valence-electron chi connectivity index (χ2n) is 5.18. The fraction of sp³-hybridized carbons (Fsp3) is 0.0556. The number of nitrogens with zero attached hydrogens (tertiary/aromatic N) is 2. The number of phenols is 1. The summed E-state index contributed by atoms with van der Waals surface area (Å²) in [7, 11) is 0. The summed E-state index contributed by atoms with van der Waals surface area (Å²) in [5.41, 5.74) is 1.69. The van der Waals surface area contributed by atoms with E-state index >= 15 is 0 Å². The van der Waals surface area contributed by atoms with E-state index in [1.807, 2.05) is 19.1 Å². The SMILES string of the molecule is Cc1ccc(N=Nc2c(O)c(C(=O)O)cc3ccccc23)cc1. The predicted octanol–water partition coefficient (Wildman–Crippen LogP) is 4.97.